The van der Waals surface area contributed by atoms with E-state index in [1.807, 2.05) is 0 Å². The molecule has 7 heteroatoms. The third-order valence-corrected chi connectivity index (χ3v) is 4.27. The monoisotopic (exact) mass is 274 g/mol. The van der Waals surface area contributed by atoms with Crippen molar-refractivity contribution >= 4 is 10.0 Å². The average molecular weight is 274 g/mol. The molecule has 1 rings (SSSR count). The number of nitrogens with zero attached hydrogens (tertiary/aromatic N) is 2. The summed E-state index contributed by atoms with van der Waals surface area (Å²) in [6.45, 7) is 4.12. The number of sulfonamides is 1. The second-order valence-electron chi connectivity index (χ2n) is 4.43. The Hall–Kier alpha value is -0.920. The molecule has 1 aromatic rings. The van der Waals surface area contributed by atoms with Crippen LogP contribution in [0.25, 0.3) is 0 Å². The molecule has 0 aliphatic rings. The van der Waals surface area contributed by atoms with Crippen LogP contribution in [0.15, 0.2) is 11.2 Å². The molecule has 1 unspecified atom stereocenters. The van der Waals surface area contributed by atoms with Crippen molar-refractivity contribution in [2.24, 2.45) is 12.8 Å². The van der Waals surface area contributed by atoms with Crippen LogP contribution in [-0.4, -0.2) is 30.6 Å². The number of rotatable bonds is 7. The van der Waals surface area contributed by atoms with Gasteiger partial charge in [0, 0.05) is 25.8 Å². The minimum absolute atomic E-state index is 0.0532. The molecule has 1 heterocycles. The molecule has 0 bridgehead atoms. The van der Waals surface area contributed by atoms with Gasteiger partial charge in [0.2, 0.25) is 0 Å². The second kappa shape index (κ2) is 6.31. The molecule has 0 fully saturated rings. The third-order valence-electron chi connectivity index (χ3n) is 2.87. The van der Waals surface area contributed by atoms with Crippen LogP contribution in [0.3, 0.4) is 0 Å². The SMILES string of the molecule is CCCCC(CN)NS(=O)(=O)c1cn(C)c(C)n1. The lowest BCUT2D eigenvalue weighted by molar-refractivity contribution is 0.514. The van der Waals surface area contributed by atoms with E-state index in [-0.39, 0.29) is 11.1 Å². The molecule has 104 valence electrons. The van der Waals surface area contributed by atoms with Gasteiger partial charge < -0.3 is 10.3 Å². The van der Waals surface area contributed by atoms with Gasteiger partial charge in [0.15, 0.2) is 5.03 Å². The van der Waals surface area contributed by atoms with E-state index in [9.17, 15) is 8.42 Å². The number of hydrogen-bond acceptors (Lipinski definition) is 4. The topological polar surface area (TPSA) is 90.0 Å². The highest BCUT2D eigenvalue weighted by Gasteiger charge is 2.21. The standard InChI is InChI=1S/C11H22N4O2S/c1-4-5-6-10(7-12)14-18(16,17)11-8-15(3)9(2)13-11/h8,10,14H,4-7,12H2,1-3H3. The molecule has 0 aromatic carbocycles. The second-order valence-corrected chi connectivity index (χ2v) is 6.09. The quantitative estimate of drug-likeness (QED) is 0.758. The zero-order valence-corrected chi connectivity index (χ0v) is 12.0. The van der Waals surface area contributed by atoms with Crippen molar-refractivity contribution < 1.29 is 8.42 Å². The molecule has 0 aliphatic heterocycles. The van der Waals surface area contributed by atoms with Crippen LogP contribution in [0.2, 0.25) is 0 Å². The zero-order valence-electron chi connectivity index (χ0n) is 11.2. The van der Waals surface area contributed by atoms with Gasteiger partial charge in [-0.15, -0.1) is 0 Å². The Kier molecular flexibility index (Phi) is 5.30. The fourth-order valence-corrected chi connectivity index (χ4v) is 2.93. The van der Waals surface area contributed by atoms with Crippen molar-refractivity contribution in [2.45, 2.75) is 44.2 Å². The summed E-state index contributed by atoms with van der Waals surface area (Å²) >= 11 is 0. The smallest absolute Gasteiger partial charge is 0.259 e. The van der Waals surface area contributed by atoms with Crippen LogP contribution in [0.5, 0.6) is 0 Å². The van der Waals surface area contributed by atoms with E-state index < -0.39 is 10.0 Å². The summed E-state index contributed by atoms with van der Waals surface area (Å²) in [6, 6.07) is -0.225. The molecule has 0 aliphatic carbocycles. The predicted octanol–water partition coefficient (Wildman–Crippen LogP) is 0.524. The first-order valence-corrected chi connectivity index (χ1v) is 7.61. The molecule has 3 N–H and O–H groups in total. The van der Waals surface area contributed by atoms with Crippen LogP contribution in [-0.2, 0) is 17.1 Å². The predicted molar refractivity (Wildman–Crippen MR) is 70.6 cm³/mol. The van der Waals surface area contributed by atoms with E-state index in [0.29, 0.717) is 12.4 Å². The normalized spacial score (nSPS) is 13.8. The van der Waals surface area contributed by atoms with E-state index in [1.54, 1.807) is 18.5 Å². The number of nitrogens with one attached hydrogen (secondary N) is 1. The maximum atomic E-state index is 12.1. The molecular weight excluding hydrogens is 252 g/mol. The Labute approximate surface area is 109 Å². The van der Waals surface area contributed by atoms with E-state index in [1.165, 1.54) is 6.20 Å². The van der Waals surface area contributed by atoms with Gasteiger partial charge in [0.25, 0.3) is 10.0 Å². The Morgan fingerprint density at radius 1 is 1.56 bits per heavy atom. The first-order valence-electron chi connectivity index (χ1n) is 6.13. The van der Waals surface area contributed by atoms with E-state index >= 15 is 0 Å². The molecule has 0 radical (unpaired) electrons. The van der Waals surface area contributed by atoms with Crippen molar-refractivity contribution in [3.63, 3.8) is 0 Å². The van der Waals surface area contributed by atoms with Crippen molar-refractivity contribution in [2.75, 3.05) is 6.54 Å². The Balaban J connectivity index is 2.80. The van der Waals surface area contributed by atoms with E-state index in [2.05, 4.69) is 16.6 Å². The fraction of sp³-hybridized carbons (Fsp3) is 0.727. The Bertz CT molecular complexity index is 462. The number of nitrogens with two attached hydrogens (primary N) is 1. The molecular formula is C11H22N4O2S. The minimum atomic E-state index is -3.57. The highest BCUT2D eigenvalue weighted by Crippen LogP contribution is 2.10. The lowest BCUT2D eigenvalue weighted by Gasteiger charge is -2.15. The molecule has 18 heavy (non-hydrogen) atoms. The summed E-state index contributed by atoms with van der Waals surface area (Å²) in [5.74, 6) is 0.660. The largest absolute Gasteiger partial charge is 0.337 e. The van der Waals surface area contributed by atoms with Crippen LogP contribution in [0.1, 0.15) is 32.0 Å². The molecule has 6 nitrogen and oxygen atoms in total. The maximum Gasteiger partial charge on any atom is 0.259 e. The van der Waals surface area contributed by atoms with Gasteiger partial charge in [0.05, 0.1) is 0 Å². The van der Waals surface area contributed by atoms with Gasteiger partial charge in [-0.3, -0.25) is 0 Å². The first-order chi connectivity index (χ1) is 8.40. The number of hydrogen-bond donors (Lipinski definition) is 2. The van der Waals surface area contributed by atoms with Gasteiger partial charge in [-0.25, -0.2) is 18.1 Å². The average Bonchev–Trinajstić information content (AvgIpc) is 2.66. The van der Waals surface area contributed by atoms with Crippen molar-refractivity contribution in [1.29, 1.82) is 0 Å². The third kappa shape index (κ3) is 3.79. The Morgan fingerprint density at radius 3 is 2.67 bits per heavy atom. The highest BCUT2D eigenvalue weighted by molar-refractivity contribution is 7.89. The maximum absolute atomic E-state index is 12.1. The first kappa shape index (κ1) is 15.1. The lowest BCUT2D eigenvalue weighted by Crippen LogP contribution is -2.40. The lowest BCUT2D eigenvalue weighted by atomic mass is 10.1. The highest BCUT2D eigenvalue weighted by atomic mass is 32.2. The molecule has 0 saturated carbocycles. The van der Waals surface area contributed by atoms with Gasteiger partial charge in [-0.2, -0.15) is 0 Å². The number of aryl methyl sites for hydroxylation is 2. The van der Waals surface area contributed by atoms with E-state index in [4.69, 9.17) is 5.73 Å². The van der Waals surface area contributed by atoms with Crippen molar-refractivity contribution in [3.05, 3.63) is 12.0 Å². The molecule has 0 amide bonds. The molecule has 1 atom stereocenters. The van der Waals surface area contributed by atoms with Gasteiger partial charge in [-0.05, 0) is 13.3 Å². The summed E-state index contributed by atoms with van der Waals surface area (Å²) in [5, 5.41) is 0.0532. The van der Waals surface area contributed by atoms with E-state index in [0.717, 1.165) is 19.3 Å². The summed E-state index contributed by atoms with van der Waals surface area (Å²) < 4.78 is 28.5. The summed E-state index contributed by atoms with van der Waals surface area (Å²) in [5.41, 5.74) is 5.58. The summed E-state index contributed by atoms with van der Waals surface area (Å²) in [7, 11) is -1.80. The van der Waals surface area contributed by atoms with Gasteiger partial charge in [-0.1, -0.05) is 19.8 Å². The number of unbranched alkanes of at least 4 members (excludes halogenated alkanes) is 1. The molecule has 0 saturated heterocycles. The van der Waals surface area contributed by atoms with Crippen LogP contribution < -0.4 is 10.5 Å². The van der Waals surface area contributed by atoms with Gasteiger partial charge >= 0.3 is 0 Å². The number of aromatic nitrogens is 2. The van der Waals surface area contributed by atoms with Crippen molar-refractivity contribution in [1.82, 2.24) is 14.3 Å². The number of imidazole rings is 1. The Morgan fingerprint density at radius 2 is 2.22 bits per heavy atom. The summed E-state index contributed by atoms with van der Waals surface area (Å²) in [6.07, 6.45) is 4.22. The molecule has 0 spiro atoms. The van der Waals surface area contributed by atoms with Crippen LogP contribution >= 0.6 is 0 Å². The van der Waals surface area contributed by atoms with Crippen molar-refractivity contribution in [3.8, 4) is 0 Å². The zero-order chi connectivity index (χ0) is 13.8. The van der Waals surface area contributed by atoms with Gasteiger partial charge in [0.1, 0.15) is 5.82 Å². The fourth-order valence-electron chi connectivity index (χ4n) is 1.61. The minimum Gasteiger partial charge on any atom is -0.337 e. The van der Waals surface area contributed by atoms with Crippen LogP contribution in [0.4, 0.5) is 0 Å². The van der Waals surface area contributed by atoms with Crippen LogP contribution in [0, 0.1) is 6.92 Å². The molecule has 1 aromatic heterocycles. The summed E-state index contributed by atoms with van der Waals surface area (Å²) in [4.78, 5) is 4.02.